The molecule has 2 aromatic carbocycles. The fourth-order valence-electron chi connectivity index (χ4n) is 2.90. The van der Waals surface area contributed by atoms with Gasteiger partial charge in [-0.1, -0.05) is 60.3 Å². The summed E-state index contributed by atoms with van der Waals surface area (Å²) < 4.78 is 5.69. The largest absolute Gasteiger partial charge is 0.416 e. The molecule has 0 radical (unpaired) electrons. The highest BCUT2D eigenvalue weighted by Crippen LogP contribution is 2.29. The van der Waals surface area contributed by atoms with Gasteiger partial charge >= 0.3 is 0 Å². The number of benzene rings is 2. The van der Waals surface area contributed by atoms with Crippen molar-refractivity contribution in [3.63, 3.8) is 0 Å². The number of hydrogen-bond donors (Lipinski definition) is 1. The van der Waals surface area contributed by atoms with Gasteiger partial charge in [0.1, 0.15) is 0 Å². The molecule has 0 aliphatic heterocycles. The summed E-state index contributed by atoms with van der Waals surface area (Å²) in [5, 5.41) is 14.1. The third kappa shape index (κ3) is 4.95. The Balaban J connectivity index is 1.40. The van der Waals surface area contributed by atoms with Gasteiger partial charge in [0.15, 0.2) is 0 Å². The predicted molar refractivity (Wildman–Crippen MR) is 120 cm³/mol. The molecule has 6 nitrogen and oxygen atoms in total. The van der Waals surface area contributed by atoms with Crippen LogP contribution < -0.4 is 5.32 Å². The molecular formula is C22H20N4O2S2. The summed E-state index contributed by atoms with van der Waals surface area (Å²) in [5.74, 6) is 0.364. The van der Waals surface area contributed by atoms with Gasteiger partial charge in [0.25, 0.3) is 5.22 Å². The van der Waals surface area contributed by atoms with E-state index in [0.717, 1.165) is 27.5 Å². The van der Waals surface area contributed by atoms with Crippen molar-refractivity contribution in [2.45, 2.75) is 30.7 Å². The number of carbonyl (C=O) groups is 1. The molecule has 0 aliphatic carbocycles. The molecule has 0 fully saturated rings. The van der Waals surface area contributed by atoms with E-state index < -0.39 is 5.25 Å². The zero-order valence-electron chi connectivity index (χ0n) is 16.5. The van der Waals surface area contributed by atoms with Crippen molar-refractivity contribution < 1.29 is 9.21 Å². The lowest BCUT2D eigenvalue weighted by atomic mass is 10.0. The molecule has 0 aliphatic rings. The maximum atomic E-state index is 12.8. The number of nitrogens with zero attached hydrogens (tertiary/aromatic N) is 3. The molecule has 4 aromatic rings. The minimum absolute atomic E-state index is 0.127. The highest BCUT2D eigenvalue weighted by atomic mass is 32.2. The minimum Gasteiger partial charge on any atom is -0.416 e. The zero-order valence-corrected chi connectivity index (χ0v) is 18.2. The average molecular weight is 437 g/mol. The Hall–Kier alpha value is -2.97. The van der Waals surface area contributed by atoms with Crippen molar-refractivity contribution in [3.05, 3.63) is 76.6 Å². The first-order valence-electron chi connectivity index (χ1n) is 9.44. The quantitative estimate of drug-likeness (QED) is 0.401. The summed E-state index contributed by atoms with van der Waals surface area (Å²) >= 11 is 2.83. The van der Waals surface area contributed by atoms with Crippen LogP contribution in [-0.4, -0.2) is 26.3 Å². The Morgan fingerprint density at radius 3 is 2.67 bits per heavy atom. The van der Waals surface area contributed by atoms with Crippen LogP contribution in [0.5, 0.6) is 0 Å². The van der Waals surface area contributed by atoms with Gasteiger partial charge in [-0.3, -0.25) is 4.79 Å². The number of para-hydroxylation sites is 1. The summed E-state index contributed by atoms with van der Waals surface area (Å²) in [7, 11) is 0. The number of anilines is 1. The van der Waals surface area contributed by atoms with E-state index >= 15 is 0 Å². The molecule has 0 saturated carbocycles. The third-order valence-electron chi connectivity index (χ3n) is 4.36. The molecule has 1 amide bonds. The van der Waals surface area contributed by atoms with E-state index in [1.807, 2.05) is 73.8 Å². The summed E-state index contributed by atoms with van der Waals surface area (Å²) in [4.78, 5) is 17.2. The Morgan fingerprint density at radius 1 is 1.13 bits per heavy atom. The number of aryl methyl sites for hydroxylation is 1. The van der Waals surface area contributed by atoms with E-state index in [2.05, 4.69) is 20.5 Å². The van der Waals surface area contributed by atoms with E-state index in [1.165, 1.54) is 11.8 Å². The van der Waals surface area contributed by atoms with Gasteiger partial charge in [0, 0.05) is 16.6 Å². The topological polar surface area (TPSA) is 80.9 Å². The summed E-state index contributed by atoms with van der Waals surface area (Å²) in [6.45, 7) is 3.78. The molecule has 8 heteroatoms. The number of nitrogens with one attached hydrogen (secondary N) is 1. The summed E-state index contributed by atoms with van der Waals surface area (Å²) in [6, 6.07) is 17.7. The molecule has 0 spiro atoms. The van der Waals surface area contributed by atoms with E-state index in [0.29, 0.717) is 17.5 Å². The maximum Gasteiger partial charge on any atom is 0.277 e. The van der Waals surface area contributed by atoms with Crippen LogP contribution in [0, 0.1) is 6.92 Å². The molecule has 2 heterocycles. The van der Waals surface area contributed by atoms with Crippen LogP contribution in [-0.2, 0) is 11.2 Å². The van der Waals surface area contributed by atoms with Crippen molar-refractivity contribution in [1.29, 1.82) is 0 Å². The Morgan fingerprint density at radius 2 is 1.90 bits per heavy atom. The van der Waals surface area contributed by atoms with Crippen molar-refractivity contribution in [1.82, 2.24) is 15.2 Å². The lowest BCUT2D eigenvalue weighted by Crippen LogP contribution is -2.22. The number of hydrogen-bond acceptors (Lipinski definition) is 7. The summed E-state index contributed by atoms with van der Waals surface area (Å²) in [5.41, 5.74) is 3.70. The second kappa shape index (κ2) is 9.23. The van der Waals surface area contributed by atoms with E-state index in [4.69, 9.17) is 4.42 Å². The van der Waals surface area contributed by atoms with Gasteiger partial charge in [-0.2, -0.15) is 0 Å². The fraction of sp³-hybridized carbons (Fsp3) is 0.182. The van der Waals surface area contributed by atoms with Crippen LogP contribution in [0.15, 0.2) is 69.6 Å². The molecule has 1 atom stereocenters. The normalized spacial score (nSPS) is 11.9. The van der Waals surface area contributed by atoms with Crippen molar-refractivity contribution in [3.8, 4) is 11.1 Å². The monoisotopic (exact) mass is 436 g/mol. The van der Waals surface area contributed by atoms with Gasteiger partial charge in [-0.25, -0.2) is 4.98 Å². The first-order chi connectivity index (χ1) is 14.6. The molecule has 2 aromatic heterocycles. The number of aromatic nitrogens is 3. The SMILES string of the molecule is Cc1nc(Cc2nnc(S[C@@H](C)C(=O)Nc3ccccc3-c3ccccc3)o2)cs1. The van der Waals surface area contributed by atoms with Crippen LogP contribution >= 0.6 is 23.1 Å². The highest BCUT2D eigenvalue weighted by Gasteiger charge is 2.20. The second-order valence-electron chi connectivity index (χ2n) is 6.66. The lowest BCUT2D eigenvalue weighted by Gasteiger charge is -2.14. The molecule has 0 saturated heterocycles. The molecule has 152 valence electrons. The lowest BCUT2D eigenvalue weighted by molar-refractivity contribution is -0.115. The molecule has 30 heavy (non-hydrogen) atoms. The minimum atomic E-state index is -0.399. The number of carbonyl (C=O) groups excluding carboxylic acids is 1. The van der Waals surface area contributed by atoms with E-state index in [1.54, 1.807) is 11.3 Å². The molecule has 4 rings (SSSR count). The van der Waals surface area contributed by atoms with Crippen LogP contribution in [0.25, 0.3) is 11.1 Å². The van der Waals surface area contributed by atoms with Crippen molar-refractivity contribution in [2.75, 3.05) is 5.32 Å². The number of thioether (sulfide) groups is 1. The van der Waals surface area contributed by atoms with Crippen molar-refractivity contribution in [2.24, 2.45) is 0 Å². The molecule has 1 N–H and O–H groups in total. The highest BCUT2D eigenvalue weighted by molar-refractivity contribution is 8.00. The van der Waals surface area contributed by atoms with Gasteiger partial charge in [0.2, 0.25) is 11.8 Å². The van der Waals surface area contributed by atoms with E-state index in [-0.39, 0.29) is 5.91 Å². The zero-order chi connectivity index (χ0) is 20.9. The Labute approximate surface area is 182 Å². The summed E-state index contributed by atoms with van der Waals surface area (Å²) in [6.07, 6.45) is 0.489. The maximum absolute atomic E-state index is 12.8. The molecule has 0 unspecified atom stereocenters. The number of rotatable bonds is 7. The molecular weight excluding hydrogens is 416 g/mol. The van der Waals surface area contributed by atoms with Gasteiger partial charge in [0.05, 0.1) is 22.4 Å². The van der Waals surface area contributed by atoms with Crippen molar-refractivity contribution >= 4 is 34.7 Å². The van der Waals surface area contributed by atoms with Crippen LogP contribution in [0.2, 0.25) is 0 Å². The molecule has 0 bridgehead atoms. The Bertz CT molecular complexity index is 1140. The standard InChI is InChI=1S/C22H20N4O2S2/c1-14(30-22-26-25-20(28-22)12-17-13-29-15(2)23-17)21(27)24-19-11-7-6-10-18(19)16-8-4-3-5-9-16/h3-11,13-14H,12H2,1-2H3,(H,24,27)/t14-/m0/s1. The van der Waals surface area contributed by atoms with Crippen LogP contribution in [0.4, 0.5) is 5.69 Å². The Kier molecular flexibility index (Phi) is 6.25. The number of amides is 1. The fourth-order valence-corrected chi connectivity index (χ4v) is 4.22. The van der Waals surface area contributed by atoms with Gasteiger partial charge in [-0.05, 0) is 25.5 Å². The van der Waals surface area contributed by atoms with Crippen LogP contribution in [0.3, 0.4) is 0 Å². The smallest absolute Gasteiger partial charge is 0.277 e. The van der Waals surface area contributed by atoms with Gasteiger partial charge < -0.3 is 9.73 Å². The first kappa shape index (κ1) is 20.3. The first-order valence-corrected chi connectivity index (χ1v) is 11.2. The van der Waals surface area contributed by atoms with Crippen LogP contribution in [0.1, 0.15) is 23.5 Å². The van der Waals surface area contributed by atoms with E-state index in [9.17, 15) is 4.79 Å². The van der Waals surface area contributed by atoms with Gasteiger partial charge in [-0.15, -0.1) is 21.5 Å². The third-order valence-corrected chi connectivity index (χ3v) is 6.12. The second-order valence-corrected chi connectivity index (χ2v) is 9.01. The number of thiazole rings is 1. The predicted octanol–water partition coefficient (Wildman–Crippen LogP) is 5.21. The average Bonchev–Trinajstić information content (AvgIpc) is 3.37.